The minimum atomic E-state index is -0.251. The Hall–Kier alpha value is -2.39. The Labute approximate surface area is 176 Å². The van der Waals surface area contributed by atoms with Crippen LogP contribution >= 0.6 is 23.1 Å². The number of nitrogens with zero attached hydrogens (tertiary/aromatic N) is 4. The highest BCUT2D eigenvalue weighted by atomic mass is 32.2. The molecule has 3 aromatic rings. The highest BCUT2D eigenvalue weighted by Gasteiger charge is 2.22. The minimum Gasteiger partial charge on any atom is -0.368 e. The number of rotatable bonds is 5. The molecule has 0 spiro atoms. The number of piperazine rings is 1. The van der Waals surface area contributed by atoms with Crippen LogP contribution in [0.5, 0.6) is 0 Å². The van der Waals surface area contributed by atoms with Crippen molar-refractivity contribution in [2.75, 3.05) is 36.8 Å². The first-order valence-corrected chi connectivity index (χ1v) is 11.3. The number of anilines is 1. The molecule has 1 aliphatic heterocycles. The van der Waals surface area contributed by atoms with E-state index in [4.69, 9.17) is 0 Å². The maximum atomic E-state index is 13.1. The van der Waals surface area contributed by atoms with Gasteiger partial charge in [-0.15, -0.1) is 11.3 Å². The van der Waals surface area contributed by atoms with Crippen LogP contribution in [-0.4, -0.2) is 52.3 Å². The van der Waals surface area contributed by atoms with Crippen molar-refractivity contribution < 1.29 is 9.18 Å². The SMILES string of the molecule is CCn1c(SCC(=O)N2CCN(c3ccc(F)cc3)CC2)nc2ccsc2c1=O. The number of aromatic nitrogens is 2. The van der Waals surface area contributed by atoms with Gasteiger partial charge in [-0.3, -0.25) is 14.2 Å². The molecule has 1 saturated heterocycles. The fourth-order valence-electron chi connectivity index (χ4n) is 3.40. The van der Waals surface area contributed by atoms with E-state index < -0.39 is 0 Å². The fraction of sp³-hybridized carbons (Fsp3) is 0.350. The second-order valence-corrected chi connectivity index (χ2v) is 8.57. The molecule has 0 bridgehead atoms. The molecular weight excluding hydrogens is 411 g/mol. The Morgan fingerprint density at radius 1 is 1.17 bits per heavy atom. The summed E-state index contributed by atoms with van der Waals surface area (Å²) in [7, 11) is 0. The van der Waals surface area contributed by atoms with E-state index in [1.54, 1.807) is 16.7 Å². The first-order valence-electron chi connectivity index (χ1n) is 9.46. The predicted molar refractivity (Wildman–Crippen MR) is 115 cm³/mol. The fourth-order valence-corrected chi connectivity index (χ4v) is 5.14. The van der Waals surface area contributed by atoms with Gasteiger partial charge in [-0.25, -0.2) is 9.37 Å². The highest BCUT2D eigenvalue weighted by Crippen LogP contribution is 2.22. The molecule has 6 nitrogen and oxygen atoms in total. The maximum absolute atomic E-state index is 13.1. The zero-order valence-corrected chi connectivity index (χ0v) is 17.6. The Morgan fingerprint density at radius 3 is 2.59 bits per heavy atom. The summed E-state index contributed by atoms with van der Waals surface area (Å²) in [5.74, 6) is 0.0361. The van der Waals surface area contributed by atoms with E-state index >= 15 is 0 Å². The number of thiophene rings is 1. The average Bonchev–Trinajstić information content (AvgIpc) is 3.22. The minimum absolute atomic E-state index is 0.0380. The molecule has 1 aromatic carbocycles. The lowest BCUT2D eigenvalue weighted by molar-refractivity contribution is -0.128. The molecule has 29 heavy (non-hydrogen) atoms. The number of halogens is 1. The van der Waals surface area contributed by atoms with Gasteiger partial charge in [-0.1, -0.05) is 11.8 Å². The quantitative estimate of drug-likeness (QED) is 0.458. The summed E-state index contributed by atoms with van der Waals surface area (Å²) in [5, 5.41) is 2.45. The lowest BCUT2D eigenvalue weighted by atomic mass is 10.2. The number of carbonyl (C=O) groups excluding carboxylic acids is 1. The van der Waals surface area contributed by atoms with Crippen LogP contribution in [0.1, 0.15) is 6.92 Å². The lowest BCUT2D eigenvalue weighted by Crippen LogP contribution is -2.49. The molecule has 3 heterocycles. The van der Waals surface area contributed by atoms with Gasteiger partial charge in [0.05, 0.1) is 11.3 Å². The topological polar surface area (TPSA) is 58.4 Å². The van der Waals surface area contributed by atoms with E-state index in [1.165, 1.54) is 35.2 Å². The Balaban J connectivity index is 1.38. The number of amides is 1. The maximum Gasteiger partial charge on any atom is 0.272 e. The van der Waals surface area contributed by atoms with Crippen LogP contribution in [0.4, 0.5) is 10.1 Å². The van der Waals surface area contributed by atoms with E-state index in [0.717, 1.165) is 5.69 Å². The molecule has 9 heteroatoms. The summed E-state index contributed by atoms with van der Waals surface area (Å²) in [6.45, 7) is 5.08. The molecule has 0 saturated carbocycles. The van der Waals surface area contributed by atoms with Crippen molar-refractivity contribution in [3.8, 4) is 0 Å². The lowest BCUT2D eigenvalue weighted by Gasteiger charge is -2.36. The molecule has 0 N–H and O–H groups in total. The van der Waals surface area contributed by atoms with Gasteiger partial charge in [0.2, 0.25) is 5.91 Å². The van der Waals surface area contributed by atoms with E-state index in [1.807, 2.05) is 23.3 Å². The molecule has 0 radical (unpaired) electrons. The Kier molecular flexibility index (Phi) is 5.86. The number of thioether (sulfide) groups is 1. The molecule has 1 fully saturated rings. The second-order valence-electron chi connectivity index (χ2n) is 6.71. The molecule has 152 valence electrons. The molecule has 2 aromatic heterocycles. The van der Waals surface area contributed by atoms with Crippen LogP contribution in [0.15, 0.2) is 45.7 Å². The van der Waals surface area contributed by atoms with Crippen LogP contribution in [-0.2, 0) is 11.3 Å². The van der Waals surface area contributed by atoms with E-state index in [2.05, 4.69) is 9.88 Å². The average molecular weight is 433 g/mol. The summed E-state index contributed by atoms with van der Waals surface area (Å²) in [6, 6.07) is 8.27. The third kappa shape index (κ3) is 4.16. The summed E-state index contributed by atoms with van der Waals surface area (Å²) in [4.78, 5) is 33.8. The van der Waals surface area contributed by atoms with E-state index in [0.29, 0.717) is 48.1 Å². The monoisotopic (exact) mass is 432 g/mol. The summed E-state index contributed by atoms with van der Waals surface area (Å²) in [6.07, 6.45) is 0. The summed E-state index contributed by atoms with van der Waals surface area (Å²) in [5.41, 5.74) is 1.61. The first-order chi connectivity index (χ1) is 14.1. The second kappa shape index (κ2) is 8.54. The van der Waals surface area contributed by atoms with E-state index in [9.17, 15) is 14.0 Å². The van der Waals surface area contributed by atoms with Crippen LogP contribution in [0.25, 0.3) is 10.2 Å². The number of carbonyl (C=O) groups is 1. The van der Waals surface area contributed by atoms with Crippen molar-refractivity contribution in [2.24, 2.45) is 0 Å². The van der Waals surface area contributed by atoms with Crippen molar-refractivity contribution in [3.05, 3.63) is 51.9 Å². The third-order valence-corrected chi connectivity index (χ3v) is 6.85. The van der Waals surface area contributed by atoms with E-state index in [-0.39, 0.29) is 23.0 Å². The first kappa shape index (κ1) is 19.9. The van der Waals surface area contributed by atoms with Crippen molar-refractivity contribution in [3.63, 3.8) is 0 Å². The summed E-state index contributed by atoms with van der Waals surface area (Å²) >= 11 is 2.71. The van der Waals surface area contributed by atoms with Gasteiger partial charge in [0.1, 0.15) is 10.5 Å². The van der Waals surface area contributed by atoms with Crippen LogP contribution in [0.2, 0.25) is 0 Å². The molecular formula is C20H21FN4O2S2. The van der Waals surface area contributed by atoms with Gasteiger partial charge >= 0.3 is 0 Å². The van der Waals surface area contributed by atoms with Gasteiger partial charge in [0.15, 0.2) is 5.16 Å². The zero-order valence-electron chi connectivity index (χ0n) is 16.0. The van der Waals surface area contributed by atoms with Crippen molar-refractivity contribution >= 4 is 44.9 Å². The molecule has 0 aliphatic carbocycles. The standard InChI is InChI=1S/C20H21FN4O2S2/c1-2-25-19(27)18-16(7-12-28-18)22-20(25)29-13-17(26)24-10-8-23(9-11-24)15-5-3-14(21)4-6-15/h3-7,12H,2,8-11,13H2,1H3. The van der Waals surface area contributed by atoms with Crippen molar-refractivity contribution in [2.45, 2.75) is 18.6 Å². The molecule has 4 rings (SSSR count). The number of benzene rings is 1. The summed E-state index contributed by atoms with van der Waals surface area (Å²) < 4.78 is 15.4. The van der Waals surface area contributed by atoms with Crippen LogP contribution in [0.3, 0.4) is 0 Å². The largest absolute Gasteiger partial charge is 0.368 e. The molecule has 1 amide bonds. The highest BCUT2D eigenvalue weighted by molar-refractivity contribution is 7.99. The Morgan fingerprint density at radius 2 is 1.90 bits per heavy atom. The predicted octanol–water partition coefficient (Wildman–Crippen LogP) is 3.06. The third-order valence-electron chi connectivity index (χ3n) is 5.00. The smallest absolute Gasteiger partial charge is 0.272 e. The van der Waals surface area contributed by atoms with Crippen LogP contribution < -0.4 is 10.5 Å². The number of hydrogen-bond donors (Lipinski definition) is 0. The number of hydrogen-bond acceptors (Lipinski definition) is 6. The van der Waals surface area contributed by atoms with Gasteiger partial charge in [-0.05, 0) is 42.6 Å². The molecule has 1 aliphatic rings. The molecule has 0 unspecified atom stereocenters. The van der Waals surface area contributed by atoms with Gasteiger partial charge in [0.25, 0.3) is 5.56 Å². The Bertz CT molecular complexity index is 1070. The number of fused-ring (bicyclic) bond motifs is 1. The zero-order chi connectivity index (χ0) is 20.4. The molecule has 0 atom stereocenters. The van der Waals surface area contributed by atoms with Crippen molar-refractivity contribution in [1.29, 1.82) is 0 Å². The van der Waals surface area contributed by atoms with Gasteiger partial charge < -0.3 is 9.80 Å². The van der Waals surface area contributed by atoms with Gasteiger partial charge in [0, 0.05) is 38.4 Å². The van der Waals surface area contributed by atoms with Gasteiger partial charge in [-0.2, -0.15) is 0 Å². The normalized spacial score (nSPS) is 14.6. The van der Waals surface area contributed by atoms with Crippen LogP contribution in [0, 0.1) is 5.82 Å². The van der Waals surface area contributed by atoms with Crippen molar-refractivity contribution in [1.82, 2.24) is 14.5 Å².